The minimum Gasteiger partial charge on any atom is -0.444 e. The Balaban J connectivity index is 1.76. The third-order valence-electron chi connectivity index (χ3n) is 3.80. The first-order valence-electron chi connectivity index (χ1n) is 8.46. The molecule has 1 N–H and O–H groups in total. The Morgan fingerprint density at radius 1 is 0.880 bits per heavy atom. The zero-order valence-electron chi connectivity index (χ0n) is 14.9. The fourth-order valence-electron chi connectivity index (χ4n) is 2.74. The second kappa shape index (κ2) is 6.98. The van der Waals surface area contributed by atoms with Crippen LogP contribution in [0.15, 0.2) is 66.7 Å². The molecule has 3 heteroatoms. The molecule has 0 saturated carbocycles. The van der Waals surface area contributed by atoms with Gasteiger partial charge in [-0.1, -0.05) is 54.6 Å². The summed E-state index contributed by atoms with van der Waals surface area (Å²) >= 11 is 0. The number of nitrogens with one attached hydrogen (secondary N) is 1. The van der Waals surface area contributed by atoms with Gasteiger partial charge >= 0.3 is 6.09 Å². The summed E-state index contributed by atoms with van der Waals surface area (Å²) in [6.07, 6.45) is 0.474. The maximum atomic E-state index is 11.9. The maximum absolute atomic E-state index is 11.9. The van der Waals surface area contributed by atoms with Crippen molar-refractivity contribution in [3.05, 3.63) is 77.9 Å². The number of hydrogen-bond acceptors (Lipinski definition) is 2. The molecule has 3 aromatic carbocycles. The third-order valence-corrected chi connectivity index (χ3v) is 3.80. The van der Waals surface area contributed by atoms with Gasteiger partial charge in [0.2, 0.25) is 0 Å². The highest BCUT2D eigenvalue weighted by Gasteiger charge is 2.16. The number of anilines is 1. The molecule has 0 bridgehead atoms. The average Bonchev–Trinajstić information content (AvgIpc) is 2.54. The summed E-state index contributed by atoms with van der Waals surface area (Å²) in [4.78, 5) is 11.9. The molecule has 1 amide bonds. The summed E-state index contributed by atoms with van der Waals surface area (Å²) in [6, 6.07) is 22.7. The molecule has 3 aromatic rings. The van der Waals surface area contributed by atoms with Crippen molar-refractivity contribution in [2.45, 2.75) is 32.8 Å². The van der Waals surface area contributed by atoms with Crippen molar-refractivity contribution in [3.8, 4) is 0 Å². The first kappa shape index (κ1) is 17.0. The summed E-state index contributed by atoms with van der Waals surface area (Å²) in [6.45, 7) is 5.55. The summed E-state index contributed by atoms with van der Waals surface area (Å²) in [5.74, 6) is 0. The van der Waals surface area contributed by atoms with Crippen molar-refractivity contribution in [2.24, 2.45) is 0 Å². The van der Waals surface area contributed by atoms with Crippen molar-refractivity contribution in [3.63, 3.8) is 0 Å². The normalized spacial score (nSPS) is 11.3. The van der Waals surface area contributed by atoms with E-state index >= 15 is 0 Å². The van der Waals surface area contributed by atoms with Crippen LogP contribution in [-0.2, 0) is 11.2 Å². The molecular weight excluding hydrogens is 310 g/mol. The Kier molecular flexibility index (Phi) is 4.75. The lowest BCUT2D eigenvalue weighted by Crippen LogP contribution is -2.27. The summed E-state index contributed by atoms with van der Waals surface area (Å²) < 4.78 is 5.29. The maximum Gasteiger partial charge on any atom is 0.412 e. The van der Waals surface area contributed by atoms with Gasteiger partial charge in [-0.15, -0.1) is 0 Å². The lowest BCUT2D eigenvalue weighted by atomic mass is 10.0. The summed E-state index contributed by atoms with van der Waals surface area (Å²) in [7, 11) is 0. The van der Waals surface area contributed by atoms with Crippen LogP contribution in [0.4, 0.5) is 10.5 Å². The van der Waals surface area contributed by atoms with E-state index in [4.69, 9.17) is 4.74 Å². The average molecular weight is 333 g/mol. The van der Waals surface area contributed by atoms with Gasteiger partial charge < -0.3 is 4.74 Å². The van der Waals surface area contributed by atoms with E-state index in [-0.39, 0.29) is 0 Å². The molecule has 0 heterocycles. The molecule has 0 atom stereocenters. The van der Waals surface area contributed by atoms with Gasteiger partial charge in [0.25, 0.3) is 0 Å². The van der Waals surface area contributed by atoms with Gasteiger partial charge in [-0.3, -0.25) is 5.32 Å². The molecule has 0 fully saturated rings. The number of hydrogen-bond donors (Lipinski definition) is 1. The van der Waals surface area contributed by atoms with Gasteiger partial charge in [0.05, 0.1) is 0 Å². The molecular formula is C22H23NO2. The molecule has 25 heavy (non-hydrogen) atoms. The fraction of sp³-hybridized carbons (Fsp3) is 0.227. The number of ether oxygens (including phenoxy) is 1. The Hall–Kier alpha value is -2.81. The molecule has 0 aliphatic rings. The SMILES string of the molecule is CC(C)(C)OC(=O)Nc1ccc2cc(Cc3ccccc3)ccc2c1. The third kappa shape index (κ3) is 4.83. The highest BCUT2D eigenvalue weighted by Crippen LogP contribution is 2.22. The zero-order chi connectivity index (χ0) is 17.9. The van der Waals surface area contributed by atoms with E-state index in [0.29, 0.717) is 0 Å². The Morgan fingerprint density at radius 2 is 1.56 bits per heavy atom. The first-order chi connectivity index (χ1) is 11.9. The highest BCUT2D eigenvalue weighted by molar-refractivity contribution is 5.91. The minimum absolute atomic E-state index is 0.437. The predicted molar refractivity (Wildman–Crippen MR) is 103 cm³/mol. The van der Waals surface area contributed by atoms with Crippen molar-refractivity contribution >= 4 is 22.6 Å². The molecule has 0 aromatic heterocycles. The standard InChI is InChI=1S/C22H23NO2/c1-22(2,3)25-21(24)23-20-12-11-18-14-17(9-10-19(18)15-20)13-16-7-5-4-6-8-16/h4-12,14-15H,13H2,1-3H3,(H,23,24). The van der Waals surface area contributed by atoms with Crippen LogP contribution in [0, 0.1) is 0 Å². The molecule has 0 aliphatic heterocycles. The van der Waals surface area contributed by atoms with Gasteiger partial charge in [0.1, 0.15) is 5.60 Å². The van der Waals surface area contributed by atoms with Gasteiger partial charge in [0.15, 0.2) is 0 Å². The van der Waals surface area contributed by atoms with Gasteiger partial charge in [-0.25, -0.2) is 4.79 Å². The Morgan fingerprint density at radius 3 is 2.28 bits per heavy atom. The predicted octanol–water partition coefficient (Wildman–Crippen LogP) is 5.78. The Labute approximate surface area is 148 Å². The smallest absolute Gasteiger partial charge is 0.412 e. The first-order valence-corrected chi connectivity index (χ1v) is 8.46. The molecule has 0 unspecified atom stereocenters. The van der Waals surface area contributed by atoms with Crippen LogP contribution < -0.4 is 5.32 Å². The van der Waals surface area contributed by atoms with E-state index in [9.17, 15) is 4.79 Å². The van der Waals surface area contributed by atoms with E-state index in [1.165, 1.54) is 11.1 Å². The van der Waals surface area contributed by atoms with Crippen LogP contribution in [-0.4, -0.2) is 11.7 Å². The van der Waals surface area contributed by atoms with Crippen LogP contribution in [0.3, 0.4) is 0 Å². The van der Waals surface area contributed by atoms with E-state index < -0.39 is 11.7 Å². The molecule has 0 radical (unpaired) electrons. The van der Waals surface area contributed by atoms with E-state index in [2.05, 4.69) is 47.8 Å². The lowest BCUT2D eigenvalue weighted by Gasteiger charge is -2.19. The minimum atomic E-state index is -0.507. The van der Waals surface area contributed by atoms with Crippen LogP contribution >= 0.6 is 0 Å². The van der Waals surface area contributed by atoms with Crippen LogP contribution in [0.2, 0.25) is 0 Å². The van der Waals surface area contributed by atoms with Crippen molar-refractivity contribution in [2.75, 3.05) is 5.32 Å². The second-order valence-corrected chi connectivity index (χ2v) is 7.19. The molecule has 3 nitrogen and oxygen atoms in total. The second-order valence-electron chi connectivity index (χ2n) is 7.19. The van der Waals surface area contributed by atoms with Gasteiger partial charge in [0, 0.05) is 5.69 Å². The number of carbonyl (C=O) groups is 1. The topological polar surface area (TPSA) is 38.3 Å². The van der Waals surface area contributed by atoms with Gasteiger partial charge in [-0.05, 0) is 61.2 Å². The van der Waals surface area contributed by atoms with E-state index in [0.717, 1.165) is 22.9 Å². The lowest BCUT2D eigenvalue weighted by molar-refractivity contribution is 0.0636. The summed E-state index contributed by atoms with van der Waals surface area (Å²) in [5.41, 5.74) is 2.79. The van der Waals surface area contributed by atoms with Crippen molar-refractivity contribution in [1.29, 1.82) is 0 Å². The van der Waals surface area contributed by atoms with E-state index in [1.807, 2.05) is 45.0 Å². The molecule has 0 spiro atoms. The molecule has 3 rings (SSSR count). The van der Waals surface area contributed by atoms with Gasteiger partial charge in [-0.2, -0.15) is 0 Å². The van der Waals surface area contributed by atoms with Crippen molar-refractivity contribution < 1.29 is 9.53 Å². The van der Waals surface area contributed by atoms with Crippen LogP contribution in [0.1, 0.15) is 31.9 Å². The van der Waals surface area contributed by atoms with E-state index in [1.54, 1.807) is 0 Å². The Bertz CT molecular complexity index is 879. The van der Waals surface area contributed by atoms with Crippen molar-refractivity contribution in [1.82, 2.24) is 0 Å². The zero-order valence-corrected chi connectivity index (χ0v) is 14.9. The molecule has 0 aliphatic carbocycles. The quantitative estimate of drug-likeness (QED) is 0.660. The number of benzene rings is 3. The highest BCUT2D eigenvalue weighted by atomic mass is 16.6. The molecule has 128 valence electrons. The molecule has 0 saturated heterocycles. The summed E-state index contributed by atoms with van der Waals surface area (Å²) in [5, 5.41) is 5.03. The van der Waals surface area contributed by atoms with Crippen LogP contribution in [0.5, 0.6) is 0 Å². The number of carbonyl (C=O) groups excluding carboxylic acids is 1. The number of fused-ring (bicyclic) bond motifs is 1. The largest absolute Gasteiger partial charge is 0.444 e. The number of amides is 1. The number of rotatable bonds is 3. The fourth-order valence-corrected chi connectivity index (χ4v) is 2.74. The van der Waals surface area contributed by atoms with Crippen LogP contribution in [0.25, 0.3) is 10.8 Å². The monoisotopic (exact) mass is 333 g/mol.